The number of hydrogen-bond donors (Lipinski definition) is 0. The Labute approximate surface area is 75.0 Å². The zero-order valence-corrected chi connectivity index (χ0v) is 7.08. The van der Waals surface area contributed by atoms with Crippen LogP contribution >= 0.6 is 0 Å². The number of hydrogen-bond acceptors (Lipinski definition) is 2. The van der Waals surface area contributed by atoms with Gasteiger partial charge >= 0.3 is 6.09 Å². The Morgan fingerprint density at radius 3 is 2.77 bits per heavy atom. The highest BCUT2D eigenvalue weighted by atomic mass is 19.3. The third-order valence-electron chi connectivity index (χ3n) is 1.85. The van der Waals surface area contributed by atoms with Gasteiger partial charge in [0.2, 0.25) is 6.43 Å². The molecule has 1 rings (SSSR count). The largest absolute Gasteiger partial charge is 0.445 e. The van der Waals surface area contributed by atoms with Crippen LogP contribution in [0.4, 0.5) is 13.6 Å². The number of ether oxygens (including phenoxy) is 1. The summed E-state index contributed by atoms with van der Waals surface area (Å²) in [7, 11) is 0. The monoisotopic (exact) mass is 191 g/mol. The Hall–Kier alpha value is -1.13. The van der Waals surface area contributed by atoms with Crippen molar-refractivity contribution in [2.45, 2.75) is 6.43 Å². The molecule has 0 aromatic heterocycles. The summed E-state index contributed by atoms with van der Waals surface area (Å²) < 4.78 is 28.6. The molecular weight excluding hydrogens is 180 g/mol. The van der Waals surface area contributed by atoms with Gasteiger partial charge in [0, 0.05) is 13.1 Å². The summed E-state index contributed by atoms with van der Waals surface area (Å²) in [4.78, 5) is 12.2. The van der Waals surface area contributed by atoms with Crippen LogP contribution in [0.2, 0.25) is 0 Å². The van der Waals surface area contributed by atoms with E-state index in [9.17, 15) is 13.6 Å². The van der Waals surface area contributed by atoms with Crippen molar-refractivity contribution in [1.82, 2.24) is 4.90 Å². The number of halogens is 2. The van der Waals surface area contributed by atoms with Crippen molar-refractivity contribution in [3.8, 4) is 0 Å². The standard InChI is InChI=1S/C8H11F2NO2/c1-2-3-13-8(12)11-4-6(5-11)7(9)10/h2,6-7H,1,3-5H2. The van der Waals surface area contributed by atoms with Crippen LogP contribution in [-0.2, 0) is 4.74 Å². The molecule has 13 heavy (non-hydrogen) atoms. The summed E-state index contributed by atoms with van der Waals surface area (Å²) in [5, 5.41) is 0. The maximum absolute atomic E-state index is 12.0. The van der Waals surface area contributed by atoms with Crippen LogP contribution < -0.4 is 0 Å². The first-order valence-electron chi connectivity index (χ1n) is 3.96. The second-order valence-electron chi connectivity index (χ2n) is 2.87. The lowest BCUT2D eigenvalue weighted by atomic mass is 10.0. The minimum Gasteiger partial charge on any atom is -0.445 e. The molecule has 0 aromatic carbocycles. The van der Waals surface area contributed by atoms with E-state index in [1.807, 2.05) is 0 Å². The number of amides is 1. The van der Waals surface area contributed by atoms with Gasteiger partial charge in [0.15, 0.2) is 0 Å². The van der Waals surface area contributed by atoms with Crippen LogP contribution in [0, 0.1) is 5.92 Å². The van der Waals surface area contributed by atoms with Gasteiger partial charge in [-0.05, 0) is 0 Å². The molecule has 1 fully saturated rings. The molecule has 1 heterocycles. The van der Waals surface area contributed by atoms with Crippen molar-refractivity contribution < 1.29 is 18.3 Å². The number of nitrogens with zero attached hydrogens (tertiary/aromatic N) is 1. The van der Waals surface area contributed by atoms with Gasteiger partial charge < -0.3 is 9.64 Å². The molecule has 0 spiro atoms. The molecular formula is C8H11F2NO2. The van der Waals surface area contributed by atoms with Gasteiger partial charge in [-0.25, -0.2) is 13.6 Å². The van der Waals surface area contributed by atoms with E-state index >= 15 is 0 Å². The van der Waals surface area contributed by atoms with Crippen LogP contribution in [-0.4, -0.2) is 37.1 Å². The van der Waals surface area contributed by atoms with Crippen molar-refractivity contribution in [1.29, 1.82) is 0 Å². The predicted molar refractivity (Wildman–Crippen MR) is 42.6 cm³/mol. The number of rotatable bonds is 3. The lowest BCUT2D eigenvalue weighted by Crippen LogP contribution is -2.52. The Balaban J connectivity index is 2.19. The average Bonchev–Trinajstić information content (AvgIpc) is 1.97. The molecule has 5 heteroatoms. The molecule has 0 aliphatic carbocycles. The SMILES string of the molecule is C=CCOC(=O)N1CC(C(F)F)C1. The highest BCUT2D eigenvalue weighted by molar-refractivity contribution is 5.68. The van der Waals surface area contributed by atoms with Gasteiger partial charge in [-0.3, -0.25) is 0 Å². The fraction of sp³-hybridized carbons (Fsp3) is 0.625. The van der Waals surface area contributed by atoms with Crippen molar-refractivity contribution in [2.75, 3.05) is 19.7 Å². The fourth-order valence-corrected chi connectivity index (χ4v) is 1.04. The number of alkyl halides is 2. The van der Waals surface area contributed by atoms with Crippen LogP contribution in [0.1, 0.15) is 0 Å². The summed E-state index contributed by atoms with van der Waals surface area (Å²) >= 11 is 0. The lowest BCUT2D eigenvalue weighted by Gasteiger charge is -2.37. The maximum atomic E-state index is 12.0. The molecule has 0 radical (unpaired) electrons. The van der Waals surface area contributed by atoms with Crippen LogP contribution in [0.25, 0.3) is 0 Å². The van der Waals surface area contributed by atoms with E-state index in [2.05, 4.69) is 11.3 Å². The molecule has 0 bridgehead atoms. The molecule has 0 aromatic rings. The summed E-state index contributed by atoms with van der Waals surface area (Å²) in [5.74, 6) is -0.684. The quantitative estimate of drug-likeness (QED) is 0.633. The molecule has 1 amide bonds. The van der Waals surface area contributed by atoms with Crippen LogP contribution in [0.5, 0.6) is 0 Å². The molecule has 74 valence electrons. The Morgan fingerprint density at radius 2 is 2.31 bits per heavy atom. The van der Waals surface area contributed by atoms with Crippen molar-refractivity contribution in [3.05, 3.63) is 12.7 Å². The minimum atomic E-state index is -2.34. The van der Waals surface area contributed by atoms with E-state index in [1.165, 1.54) is 11.0 Å². The molecule has 1 aliphatic heterocycles. The highest BCUT2D eigenvalue weighted by Crippen LogP contribution is 2.22. The van der Waals surface area contributed by atoms with Crippen LogP contribution in [0.3, 0.4) is 0 Å². The number of carbonyl (C=O) groups excluding carboxylic acids is 1. The van der Waals surface area contributed by atoms with Gasteiger partial charge in [-0.1, -0.05) is 12.7 Å². The second kappa shape index (κ2) is 4.20. The smallest absolute Gasteiger partial charge is 0.410 e. The van der Waals surface area contributed by atoms with Gasteiger partial charge in [0.25, 0.3) is 0 Å². The van der Waals surface area contributed by atoms with Gasteiger partial charge in [-0.2, -0.15) is 0 Å². The van der Waals surface area contributed by atoms with Crippen molar-refractivity contribution in [2.24, 2.45) is 5.92 Å². The maximum Gasteiger partial charge on any atom is 0.410 e. The summed E-state index contributed by atoms with van der Waals surface area (Å²) in [6, 6.07) is 0. The van der Waals surface area contributed by atoms with E-state index in [0.29, 0.717) is 0 Å². The average molecular weight is 191 g/mol. The first-order valence-corrected chi connectivity index (χ1v) is 3.96. The van der Waals surface area contributed by atoms with Crippen molar-refractivity contribution in [3.63, 3.8) is 0 Å². The Bertz CT molecular complexity index is 202. The summed E-state index contributed by atoms with van der Waals surface area (Å²) in [5.41, 5.74) is 0. The van der Waals surface area contributed by atoms with Gasteiger partial charge in [0.05, 0.1) is 5.92 Å². The molecule has 0 unspecified atom stereocenters. The Morgan fingerprint density at radius 1 is 1.69 bits per heavy atom. The topological polar surface area (TPSA) is 29.5 Å². The van der Waals surface area contributed by atoms with Gasteiger partial charge in [-0.15, -0.1) is 0 Å². The second-order valence-corrected chi connectivity index (χ2v) is 2.87. The summed E-state index contributed by atoms with van der Waals surface area (Å²) in [6.45, 7) is 3.66. The predicted octanol–water partition coefficient (Wildman–Crippen LogP) is 1.51. The Kier molecular flexibility index (Phi) is 3.22. The number of likely N-dealkylation sites (tertiary alicyclic amines) is 1. The fourth-order valence-electron chi connectivity index (χ4n) is 1.04. The van der Waals surface area contributed by atoms with E-state index in [-0.39, 0.29) is 19.7 Å². The molecule has 1 aliphatic rings. The lowest BCUT2D eigenvalue weighted by molar-refractivity contribution is -0.0207. The molecule has 0 atom stereocenters. The van der Waals surface area contributed by atoms with E-state index in [1.54, 1.807) is 0 Å². The van der Waals surface area contributed by atoms with E-state index in [0.717, 1.165) is 0 Å². The summed E-state index contributed by atoms with van der Waals surface area (Å²) in [6.07, 6.45) is -1.46. The van der Waals surface area contributed by atoms with Crippen molar-refractivity contribution >= 4 is 6.09 Å². The normalized spacial score (nSPS) is 17.0. The highest BCUT2D eigenvalue weighted by Gasteiger charge is 2.37. The zero-order valence-electron chi connectivity index (χ0n) is 7.08. The molecule has 0 N–H and O–H groups in total. The zero-order chi connectivity index (χ0) is 9.84. The number of carbonyl (C=O) groups is 1. The molecule has 0 saturated carbocycles. The van der Waals surface area contributed by atoms with Gasteiger partial charge in [0.1, 0.15) is 6.61 Å². The first kappa shape index (κ1) is 9.95. The van der Waals surface area contributed by atoms with E-state index in [4.69, 9.17) is 0 Å². The third kappa shape index (κ3) is 2.40. The van der Waals surface area contributed by atoms with E-state index < -0.39 is 18.4 Å². The van der Waals surface area contributed by atoms with Crippen LogP contribution in [0.15, 0.2) is 12.7 Å². The molecule has 1 saturated heterocycles. The molecule has 3 nitrogen and oxygen atoms in total. The third-order valence-corrected chi connectivity index (χ3v) is 1.85. The minimum absolute atomic E-state index is 0.0909. The first-order chi connectivity index (χ1) is 6.15.